The van der Waals surface area contributed by atoms with Gasteiger partial charge in [-0.3, -0.25) is 0 Å². The number of benzene rings is 1. The number of hydrogen-bond acceptors (Lipinski definition) is 4. The Morgan fingerprint density at radius 3 is 2.57 bits per heavy atom. The number of hydrogen-bond donors (Lipinski definition) is 1. The van der Waals surface area contributed by atoms with Crippen LogP contribution in [0.5, 0.6) is 0 Å². The van der Waals surface area contributed by atoms with E-state index in [1.807, 2.05) is 0 Å². The summed E-state index contributed by atoms with van der Waals surface area (Å²) < 4.78 is 50.2. The fourth-order valence-corrected chi connectivity index (χ4v) is 4.11. The number of carbonyl (C=O) groups excluding carboxylic acids is 1. The van der Waals surface area contributed by atoms with Gasteiger partial charge in [0.05, 0.1) is 0 Å². The third-order valence-corrected chi connectivity index (χ3v) is 5.18. The molecule has 0 fully saturated rings. The second kappa shape index (κ2) is 7.00. The van der Waals surface area contributed by atoms with Crippen molar-refractivity contribution in [2.45, 2.75) is 11.9 Å². The quantitative estimate of drug-likeness (QED) is 0.318. The first-order valence-corrected chi connectivity index (χ1v) is 9.50. The average molecular weight is 438 g/mol. The molecule has 21 heavy (non-hydrogen) atoms. The number of quaternary nitrogens is 1. The van der Waals surface area contributed by atoms with Crippen molar-refractivity contribution in [3.05, 3.63) is 43.8 Å². The maximum absolute atomic E-state index is 12.1. The third-order valence-electron chi connectivity index (χ3n) is 2.03. The van der Waals surface area contributed by atoms with E-state index in [1.165, 1.54) is 24.3 Å². The molecule has 1 N–H and O–H groups in total. The minimum absolute atomic E-state index is 0.347. The molecule has 6 nitrogen and oxygen atoms in total. The van der Waals surface area contributed by atoms with Gasteiger partial charge < -0.3 is 0 Å². The van der Waals surface area contributed by atoms with E-state index in [2.05, 4.69) is 4.36 Å². The number of nitrogens with one attached hydrogen (secondary N) is 1. The molecule has 1 atom stereocenters. The van der Waals surface area contributed by atoms with E-state index in [1.54, 1.807) is 0 Å². The summed E-state index contributed by atoms with van der Waals surface area (Å²) in [6.45, 7) is 0. The van der Waals surface area contributed by atoms with Gasteiger partial charge in [0.15, 0.2) is 0 Å². The van der Waals surface area contributed by atoms with Gasteiger partial charge in [0, 0.05) is 0 Å². The molecule has 0 spiro atoms. The maximum atomic E-state index is 12.1. The number of rotatable bonds is 4. The van der Waals surface area contributed by atoms with Crippen LogP contribution >= 0.6 is 0 Å². The van der Waals surface area contributed by atoms with Gasteiger partial charge in [0.25, 0.3) is 0 Å². The van der Waals surface area contributed by atoms with Gasteiger partial charge in [-0.05, 0) is 0 Å². The Labute approximate surface area is 129 Å². The number of amides is 1. The van der Waals surface area contributed by atoms with Gasteiger partial charge in [-0.2, -0.15) is 0 Å². The van der Waals surface area contributed by atoms with Gasteiger partial charge in [0.2, 0.25) is 0 Å². The summed E-state index contributed by atoms with van der Waals surface area (Å²) in [7, 11) is -3.41. The molecule has 120 valence electrons. The van der Waals surface area contributed by atoms with Crippen molar-refractivity contribution in [3.63, 3.8) is 0 Å². The summed E-state index contributed by atoms with van der Waals surface area (Å²) in [6.07, 6.45) is -4.22. The van der Waals surface area contributed by atoms with Crippen LogP contribution in [0.2, 0.25) is 0 Å². The SMILES string of the molecule is CS(=O)(Cc1cccc([I-][NH+]([O-])[O-])c1)=NC(=O)C(F)(F)F. The van der Waals surface area contributed by atoms with Gasteiger partial charge >= 0.3 is 129 Å². The average Bonchev–Trinajstić information content (AvgIpc) is 2.25. The Hall–Kier alpha value is -0.760. The fraction of sp³-hybridized carbons (Fsp3) is 0.300. The van der Waals surface area contributed by atoms with E-state index in [0.29, 0.717) is 9.13 Å². The van der Waals surface area contributed by atoms with Crippen LogP contribution in [0.1, 0.15) is 5.56 Å². The van der Waals surface area contributed by atoms with Crippen molar-refractivity contribution in [2.24, 2.45) is 4.36 Å². The first kappa shape index (κ1) is 18.3. The Bertz CT molecular complexity index is 641. The molecule has 0 saturated carbocycles. The molecule has 0 aliphatic rings. The van der Waals surface area contributed by atoms with Gasteiger partial charge in [0.1, 0.15) is 0 Å². The zero-order valence-corrected chi connectivity index (χ0v) is 13.5. The summed E-state index contributed by atoms with van der Waals surface area (Å²) in [5.74, 6) is -2.77. The second-order valence-corrected chi connectivity index (χ2v) is 9.02. The molecular formula is C10H10F3IN2O4S-2. The molecule has 0 aliphatic heterocycles. The molecule has 1 unspecified atom stereocenters. The van der Waals surface area contributed by atoms with Gasteiger partial charge in [-0.1, -0.05) is 0 Å². The molecule has 1 aromatic carbocycles. The first-order chi connectivity index (χ1) is 9.49. The van der Waals surface area contributed by atoms with Crippen LogP contribution in [0, 0.1) is 14.0 Å². The van der Waals surface area contributed by atoms with E-state index in [0.717, 1.165) is 6.26 Å². The molecule has 1 aromatic rings. The van der Waals surface area contributed by atoms with E-state index in [4.69, 9.17) is 0 Å². The summed E-state index contributed by atoms with van der Waals surface area (Å²) in [4.78, 5) is 10.7. The van der Waals surface area contributed by atoms with Crippen molar-refractivity contribution in [1.82, 2.24) is 0 Å². The van der Waals surface area contributed by atoms with Gasteiger partial charge in [-0.15, -0.1) is 0 Å². The van der Waals surface area contributed by atoms with Crippen LogP contribution in [0.25, 0.3) is 0 Å². The van der Waals surface area contributed by atoms with Crippen LogP contribution in [0.3, 0.4) is 0 Å². The summed E-state index contributed by atoms with van der Waals surface area (Å²) in [6, 6.07) is 5.91. The molecule has 0 aliphatic carbocycles. The summed E-state index contributed by atoms with van der Waals surface area (Å²) >= 11 is -1.39. The van der Waals surface area contributed by atoms with Crippen molar-refractivity contribution in [3.8, 4) is 0 Å². The molecule has 0 aromatic heterocycles. The standard InChI is InChI=1S/C10H10F3IN2O4S/c1-21(20,15-9(17)10(11,12)13)6-7-3-2-4-8(5-7)14-16(18)19/h2-5,16H,6H2,1H3/q-2. The predicted molar refractivity (Wildman–Crippen MR) is 64.1 cm³/mol. The summed E-state index contributed by atoms with van der Waals surface area (Å²) in [5.41, 5.74) is 0.347. The van der Waals surface area contributed by atoms with Crippen LogP contribution in [0.15, 0.2) is 28.6 Å². The van der Waals surface area contributed by atoms with Crippen molar-refractivity contribution in [2.75, 3.05) is 6.26 Å². The number of carbonyl (C=O) groups is 1. The molecule has 11 heteroatoms. The first-order valence-electron chi connectivity index (χ1n) is 5.25. The predicted octanol–water partition coefficient (Wildman–Crippen LogP) is -2.57. The minimum atomic E-state index is -5.17. The number of halogens is 4. The van der Waals surface area contributed by atoms with E-state index in [9.17, 15) is 32.6 Å². The van der Waals surface area contributed by atoms with E-state index in [-0.39, 0.29) is 5.75 Å². The van der Waals surface area contributed by atoms with Crippen molar-refractivity contribution in [1.29, 1.82) is 0 Å². The molecule has 0 radical (unpaired) electrons. The van der Waals surface area contributed by atoms with Crippen LogP contribution < -0.4 is 24.9 Å². The zero-order valence-electron chi connectivity index (χ0n) is 10.5. The zero-order chi connectivity index (χ0) is 16.3. The third kappa shape index (κ3) is 6.69. The normalized spacial score (nSPS) is 15.0. The number of nitrogens with zero attached hydrogens (tertiary/aromatic N) is 1. The Kier molecular flexibility index (Phi) is 6.10. The van der Waals surface area contributed by atoms with E-state index >= 15 is 0 Å². The van der Waals surface area contributed by atoms with Crippen LogP contribution in [-0.2, 0) is 20.3 Å². The second-order valence-electron chi connectivity index (χ2n) is 3.96. The molecule has 1 rings (SSSR count). The molecular weight excluding hydrogens is 428 g/mol. The molecule has 1 amide bonds. The number of alkyl halides is 3. The Morgan fingerprint density at radius 2 is 2.05 bits per heavy atom. The van der Waals surface area contributed by atoms with Crippen LogP contribution in [0.4, 0.5) is 13.2 Å². The fourth-order valence-electron chi connectivity index (χ4n) is 1.34. The topological polar surface area (TPSA) is 97.1 Å². The van der Waals surface area contributed by atoms with Crippen molar-refractivity contribution >= 4 is 15.6 Å². The molecule has 0 heterocycles. The van der Waals surface area contributed by atoms with E-state index < -0.39 is 46.7 Å². The van der Waals surface area contributed by atoms with Crippen LogP contribution in [-0.4, -0.2) is 22.5 Å². The van der Waals surface area contributed by atoms with Crippen molar-refractivity contribution < 1.29 is 47.1 Å². The monoisotopic (exact) mass is 438 g/mol. The molecule has 0 bridgehead atoms. The Morgan fingerprint density at radius 1 is 1.43 bits per heavy atom. The van der Waals surface area contributed by atoms with Gasteiger partial charge in [-0.25, -0.2) is 0 Å². The summed E-state index contributed by atoms with van der Waals surface area (Å²) in [5, 5.41) is 21.0. The Balaban J connectivity index is 2.97. The molecule has 0 saturated heterocycles.